The molecule has 30 heavy (non-hydrogen) atoms. The molecule has 2 aromatic rings. The van der Waals surface area contributed by atoms with Crippen molar-refractivity contribution in [3.8, 4) is 6.07 Å². The molecular formula is C21H23N3O5S. The quantitative estimate of drug-likeness (QED) is 0.618. The molecule has 1 fully saturated rings. The maximum Gasteiger partial charge on any atom is 0.307 e. The third kappa shape index (κ3) is 5.34. The topological polar surface area (TPSA) is 125 Å². The Hall–Kier alpha value is -2.96. The van der Waals surface area contributed by atoms with Gasteiger partial charge in [0.2, 0.25) is 10.0 Å². The number of carbonyl (C=O) groups excluding carboxylic acids is 2. The lowest BCUT2D eigenvalue weighted by Gasteiger charge is -2.21. The number of fused-ring (bicyclic) bond motifs is 1. The summed E-state index contributed by atoms with van der Waals surface area (Å²) in [5.74, 6) is -1.24. The van der Waals surface area contributed by atoms with Crippen molar-refractivity contribution >= 4 is 32.7 Å². The summed E-state index contributed by atoms with van der Waals surface area (Å²) < 4.78 is 32.1. The van der Waals surface area contributed by atoms with E-state index in [0.29, 0.717) is 12.8 Å². The number of hydrogen-bond donors (Lipinski definition) is 2. The van der Waals surface area contributed by atoms with Gasteiger partial charge < -0.3 is 10.1 Å². The summed E-state index contributed by atoms with van der Waals surface area (Å²) >= 11 is 0. The highest BCUT2D eigenvalue weighted by Gasteiger charge is 2.35. The number of benzene rings is 2. The van der Waals surface area contributed by atoms with E-state index in [-0.39, 0.29) is 17.9 Å². The molecule has 9 heteroatoms. The number of sulfonamides is 1. The largest absolute Gasteiger partial charge is 0.456 e. The lowest BCUT2D eigenvalue weighted by Crippen LogP contribution is -2.46. The maximum atomic E-state index is 12.4. The van der Waals surface area contributed by atoms with E-state index in [1.807, 2.05) is 24.3 Å². The highest BCUT2D eigenvalue weighted by molar-refractivity contribution is 7.89. The van der Waals surface area contributed by atoms with E-state index >= 15 is 0 Å². The highest BCUT2D eigenvalue weighted by Crippen LogP contribution is 2.28. The van der Waals surface area contributed by atoms with E-state index in [1.54, 1.807) is 12.1 Å². The van der Waals surface area contributed by atoms with Gasteiger partial charge in [-0.3, -0.25) is 9.59 Å². The first-order chi connectivity index (χ1) is 14.3. The zero-order valence-electron chi connectivity index (χ0n) is 16.4. The number of nitriles is 1. The molecule has 0 atom stereocenters. The molecule has 0 unspecified atom stereocenters. The van der Waals surface area contributed by atoms with Gasteiger partial charge in [0.15, 0.2) is 6.61 Å². The van der Waals surface area contributed by atoms with Crippen LogP contribution in [0.3, 0.4) is 0 Å². The number of hydrogen-bond acceptors (Lipinski definition) is 6. The molecule has 0 heterocycles. The smallest absolute Gasteiger partial charge is 0.307 e. The standard InChI is InChI=1S/C21H23N3O5S/c22-15-21(10-3-4-11-21)24-19(25)14-29-20(26)9-12-23-30(27,28)18-8-7-16-5-1-2-6-17(16)13-18/h1-2,5-8,13,23H,3-4,9-12,14H2,(H,24,25). The molecule has 0 aliphatic heterocycles. The van der Waals surface area contributed by atoms with Crippen LogP contribution in [0.1, 0.15) is 32.1 Å². The van der Waals surface area contributed by atoms with E-state index in [4.69, 9.17) is 4.74 Å². The fourth-order valence-corrected chi connectivity index (χ4v) is 4.54. The Bertz CT molecular complexity index is 1090. The van der Waals surface area contributed by atoms with Crippen LogP contribution in [0.15, 0.2) is 47.4 Å². The number of nitrogens with zero attached hydrogens (tertiary/aromatic N) is 1. The van der Waals surface area contributed by atoms with Gasteiger partial charge in [0.25, 0.3) is 5.91 Å². The first-order valence-electron chi connectivity index (χ1n) is 9.70. The minimum Gasteiger partial charge on any atom is -0.456 e. The Balaban J connectivity index is 1.45. The van der Waals surface area contributed by atoms with E-state index < -0.39 is 34.0 Å². The zero-order chi connectivity index (χ0) is 21.6. The van der Waals surface area contributed by atoms with E-state index in [9.17, 15) is 23.3 Å². The second-order valence-corrected chi connectivity index (χ2v) is 9.03. The summed E-state index contributed by atoms with van der Waals surface area (Å²) in [6.45, 7) is -0.655. The minimum absolute atomic E-state index is 0.104. The molecule has 3 rings (SSSR count). The van der Waals surface area contributed by atoms with Crippen LogP contribution in [0.2, 0.25) is 0 Å². The van der Waals surface area contributed by atoms with Gasteiger partial charge in [-0.05, 0) is 48.6 Å². The summed E-state index contributed by atoms with van der Waals surface area (Å²) in [6.07, 6.45) is 2.68. The summed E-state index contributed by atoms with van der Waals surface area (Å²) in [5.41, 5.74) is -0.876. The lowest BCUT2D eigenvalue weighted by molar-refractivity contribution is -0.148. The monoisotopic (exact) mass is 429 g/mol. The SMILES string of the molecule is N#CC1(NC(=O)COC(=O)CCNS(=O)(=O)c2ccc3ccccc3c2)CCCC1. The van der Waals surface area contributed by atoms with Gasteiger partial charge in [-0.25, -0.2) is 13.1 Å². The van der Waals surface area contributed by atoms with Crippen molar-refractivity contribution in [1.29, 1.82) is 5.26 Å². The predicted molar refractivity (Wildman–Crippen MR) is 110 cm³/mol. The van der Waals surface area contributed by atoms with Gasteiger partial charge in [0.05, 0.1) is 17.4 Å². The van der Waals surface area contributed by atoms with Gasteiger partial charge in [0.1, 0.15) is 5.54 Å². The third-order valence-electron chi connectivity index (χ3n) is 5.07. The molecule has 8 nitrogen and oxygen atoms in total. The predicted octanol–water partition coefficient (Wildman–Crippen LogP) is 2.00. The van der Waals surface area contributed by atoms with Crippen molar-refractivity contribution in [1.82, 2.24) is 10.0 Å². The first-order valence-corrected chi connectivity index (χ1v) is 11.2. The van der Waals surface area contributed by atoms with Crippen LogP contribution in [0.5, 0.6) is 0 Å². The van der Waals surface area contributed by atoms with Gasteiger partial charge in [-0.2, -0.15) is 5.26 Å². The number of rotatable bonds is 8. The molecule has 1 aliphatic carbocycles. The van der Waals surface area contributed by atoms with Crippen LogP contribution in [-0.2, 0) is 24.3 Å². The average molecular weight is 429 g/mol. The van der Waals surface area contributed by atoms with Gasteiger partial charge in [0, 0.05) is 6.54 Å². The molecule has 2 N–H and O–H groups in total. The third-order valence-corrected chi connectivity index (χ3v) is 6.53. The van der Waals surface area contributed by atoms with E-state index in [2.05, 4.69) is 16.1 Å². The van der Waals surface area contributed by atoms with Gasteiger partial charge >= 0.3 is 5.97 Å². The summed E-state index contributed by atoms with van der Waals surface area (Å²) in [6, 6.07) is 14.3. The fraction of sp³-hybridized carbons (Fsp3) is 0.381. The zero-order valence-corrected chi connectivity index (χ0v) is 17.2. The molecule has 0 spiro atoms. The maximum absolute atomic E-state index is 12.4. The van der Waals surface area contributed by atoms with Crippen molar-refractivity contribution in [3.63, 3.8) is 0 Å². The van der Waals surface area contributed by atoms with Crippen LogP contribution in [0.4, 0.5) is 0 Å². The molecule has 0 aromatic heterocycles. The average Bonchev–Trinajstić information content (AvgIpc) is 3.20. The first kappa shape index (κ1) is 21.7. The van der Waals surface area contributed by atoms with Gasteiger partial charge in [-0.15, -0.1) is 0 Å². The Morgan fingerprint density at radius 3 is 2.50 bits per heavy atom. The lowest BCUT2D eigenvalue weighted by atomic mass is 10.00. The molecule has 1 aliphatic rings. The normalized spacial score (nSPS) is 15.4. The van der Waals surface area contributed by atoms with E-state index in [1.165, 1.54) is 6.07 Å². The van der Waals surface area contributed by atoms with Crippen LogP contribution in [0, 0.1) is 11.3 Å². The number of ether oxygens (including phenoxy) is 1. The van der Waals surface area contributed by atoms with E-state index in [0.717, 1.165) is 23.6 Å². The number of esters is 1. The molecule has 2 aromatic carbocycles. The summed E-state index contributed by atoms with van der Waals surface area (Å²) in [5, 5.41) is 13.6. The Kier molecular flexibility index (Phi) is 6.70. The molecule has 0 radical (unpaired) electrons. The Morgan fingerprint density at radius 2 is 1.80 bits per heavy atom. The molecule has 0 bridgehead atoms. The Labute approximate surface area is 175 Å². The van der Waals surface area contributed by atoms with Crippen molar-refractivity contribution in [2.24, 2.45) is 0 Å². The molecule has 158 valence electrons. The summed E-state index contributed by atoms with van der Waals surface area (Å²) in [4.78, 5) is 23.9. The van der Waals surface area contributed by atoms with Crippen molar-refractivity contribution in [3.05, 3.63) is 42.5 Å². The van der Waals surface area contributed by atoms with Crippen LogP contribution < -0.4 is 10.0 Å². The minimum atomic E-state index is -3.78. The van der Waals surface area contributed by atoms with Crippen molar-refractivity contribution in [2.75, 3.05) is 13.2 Å². The second kappa shape index (κ2) is 9.24. The van der Waals surface area contributed by atoms with Crippen LogP contribution >= 0.6 is 0 Å². The van der Waals surface area contributed by atoms with Gasteiger partial charge in [-0.1, -0.05) is 30.3 Å². The molecular weight excluding hydrogens is 406 g/mol. The van der Waals surface area contributed by atoms with Crippen molar-refractivity contribution in [2.45, 2.75) is 42.5 Å². The van der Waals surface area contributed by atoms with Crippen molar-refractivity contribution < 1.29 is 22.7 Å². The molecule has 1 amide bonds. The van der Waals surface area contributed by atoms with Crippen LogP contribution in [0.25, 0.3) is 10.8 Å². The number of nitrogens with one attached hydrogen (secondary N) is 2. The number of amides is 1. The fourth-order valence-electron chi connectivity index (χ4n) is 3.47. The second-order valence-electron chi connectivity index (χ2n) is 7.27. The number of carbonyl (C=O) groups is 2. The highest BCUT2D eigenvalue weighted by atomic mass is 32.2. The molecule has 0 saturated heterocycles. The Morgan fingerprint density at radius 1 is 1.10 bits per heavy atom. The van der Waals surface area contributed by atoms with Crippen LogP contribution in [-0.4, -0.2) is 39.0 Å². The molecule has 1 saturated carbocycles. The summed E-state index contributed by atoms with van der Waals surface area (Å²) in [7, 11) is -3.78.